The number of halogens is 1. The van der Waals surface area contributed by atoms with Crippen molar-refractivity contribution in [1.29, 1.82) is 5.26 Å². The van der Waals surface area contributed by atoms with Crippen molar-refractivity contribution >= 4 is 12.4 Å². The minimum absolute atomic E-state index is 0. The van der Waals surface area contributed by atoms with Crippen molar-refractivity contribution < 1.29 is 0 Å². The van der Waals surface area contributed by atoms with E-state index in [1.807, 2.05) is 6.07 Å². The first-order valence-corrected chi connectivity index (χ1v) is 2.96. The van der Waals surface area contributed by atoms with E-state index in [-0.39, 0.29) is 18.4 Å². The van der Waals surface area contributed by atoms with Crippen LogP contribution in [0.5, 0.6) is 0 Å². The topological polar surface area (TPSA) is 49.8 Å². The molecular weight excluding hydrogens is 136 g/mol. The largest absolute Gasteiger partial charge is 0.316 e. The Bertz CT molecular complexity index is 87.5. The molecule has 0 rings (SSSR count). The van der Waals surface area contributed by atoms with Crippen LogP contribution in [0, 0.1) is 11.3 Å². The summed E-state index contributed by atoms with van der Waals surface area (Å²) in [6.07, 6.45) is 3.02. The highest BCUT2D eigenvalue weighted by atomic mass is 35.5. The first kappa shape index (κ1) is 11.5. The number of hydrogen-bond acceptors (Lipinski definition) is 2. The number of rotatable bonds is 3. The molecule has 1 atom stereocenters. The summed E-state index contributed by atoms with van der Waals surface area (Å²) in [7, 11) is 0. The standard InChI is InChI=1S/C6H12N2.ClH/c1-2-3-4-6(8)5-7;/h6H,2-4,8H2,1H3;1H/t6-;/m0./s1. The van der Waals surface area contributed by atoms with Gasteiger partial charge in [-0.1, -0.05) is 19.8 Å². The fraction of sp³-hybridized carbons (Fsp3) is 0.833. The fourth-order valence-corrected chi connectivity index (χ4v) is 0.489. The average molecular weight is 149 g/mol. The molecule has 0 heterocycles. The number of nitrogens with zero attached hydrogens (tertiary/aromatic N) is 1. The van der Waals surface area contributed by atoms with E-state index in [0.717, 1.165) is 19.3 Å². The molecule has 0 aromatic carbocycles. The molecule has 54 valence electrons. The van der Waals surface area contributed by atoms with Crippen LogP contribution >= 0.6 is 12.4 Å². The normalized spacial score (nSPS) is 11.2. The molecule has 0 aromatic heterocycles. The molecule has 2 N–H and O–H groups in total. The van der Waals surface area contributed by atoms with Gasteiger partial charge >= 0.3 is 0 Å². The predicted molar refractivity (Wildman–Crippen MR) is 40.4 cm³/mol. The van der Waals surface area contributed by atoms with Crippen LogP contribution in [0.25, 0.3) is 0 Å². The third-order valence-corrected chi connectivity index (χ3v) is 1.03. The Hall–Kier alpha value is -0.260. The molecule has 0 bridgehead atoms. The molecule has 0 aliphatic rings. The molecule has 0 unspecified atom stereocenters. The van der Waals surface area contributed by atoms with Crippen molar-refractivity contribution in [2.24, 2.45) is 5.73 Å². The Kier molecular flexibility index (Phi) is 9.91. The summed E-state index contributed by atoms with van der Waals surface area (Å²) in [5.41, 5.74) is 5.30. The summed E-state index contributed by atoms with van der Waals surface area (Å²) in [6, 6.07) is 1.74. The molecule has 0 radical (unpaired) electrons. The van der Waals surface area contributed by atoms with E-state index in [1.54, 1.807) is 0 Å². The summed E-state index contributed by atoms with van der Waals surface area (Å²) in [5.74, 6) is 0. The molecule has 0 aliphatic heterocycles. The van der Waals surface area contributed by atoms with E-state index >= 15 is 0 Å². The first-order valence-electron chi connectivity index (χ1n) is 2.96. The van der Waals surface area contributed by atoms with E-state index in [9.17, 15) is 0 Å². The summed E-state index contributed by atoms with van der Waals surface area (Å²) in [5, 5.41) is 8.19. The number of nitrogens with two attached hydrogens (primary N) is 1. The first-order chi connectivity index (χ1) is 3.81. The summed E-state index contributed by atoms with van der Waals surface area (Å²) in [4.78, 5) is 0. The third-order valence-electron chi connectivity index (χ3n) is 1.03. The van der Waals surface area contributed by atoms with Gasteiger partial charge < -0.3 is 5.73 Å². The van der Waals surface area contributed by atoms with Crippen LogP contribution in [0.3, 0.4) is 0 Å². The van der Waals surface area contributed by atoms with Gasteiger partial charge in [0, 0.05) is 0 Å². The van der Waals surface area contributed by atoms with E-state index in [2.05, 4.69) is 6.92 Å². The molecule has 0 aliphatic carbocycles. The van der Waals surface area contributed by atoms with Gasteiger partial charge in [-0.05, 0) is 6.42 Å². The number of nitriles is 1. The minimum atomic E-state index is -0.241. The molecular formula is C6H13ClN2. The average Bonchev–Trinajstić information content (AvgIpc) is 1.83. The van der Waals surface area contributed by atoms with E-state index in [1.165, 1.54) is 0 Å². The predicted octanol–water partition coefficient (Wildman–Crippen LogP) is 1.45. The Morgan fingerprint density at radius 3 is 2.56 bits per heavy atom. The van der Waals surface area contributed by atoms with Crippen LogP contribution in [0.1, 0.15) is 26.2 Å². The van der Waals surface area contributed by atoms with Crippen molar-refractivity contribution in [3.05, 3.63) is 0 Å². The zero-order chi connectivity index (χ0) is 6.41. The summed E-state index contributed by atoms with van der Waals surface area (Å²) < 4.78 is 0. The van der Waals surface area contributed by atoms with Gasteiger partial charge in [0.1, 0.15) is 0 Å². The lowest BCUT2D eigenvalue weighted by Crippen LogP contribution is -2.16. The molecule has 0 amide bonds. The fourth-order valence-electron chi connectivity index (χ4n) is 0.489. The van der Waals surface area contributed by atoms with Gasteiger partial charge in [0.15, 0.2) is 0 Å². The van der Waals surface area contributed by atoms with Gasteiger partial charge in [0.2, 0.25) is 0 Å². The quantitative estimate of drug-likeness (QED) is 0.659. The Morgan fingerprint density at radius 2 is 2.22 bits per heavy atom. The van der Waals surface area contributed by atoms with Crippen molar-refractivity contribution in [3.8, 4) is 6.07 Å². The zero-order valence-corrected chi connectivity index (χ0v) is 6.45. The maximum atomic E-state index is 8.19. The van der Waals surface area contributed by atoms with Crippen LogP contribution in [0.4, 0.5) is 0 Å². The highest BCUT2D eigenvalue weighted by molar-refractivity contribution is 5.85. The minimum Gasteiger partial charge on any atom is -0.316 e. The van der Waals surface area contributed by atoms with Crippen LogP contribution in [-0.4, -0.2) is 6.04 Å². The van der Waals surface area contributed by atoms with E-state index in [0.29, 0.717) is 0 Å². The number of hydrogen-bond donors (Lipinski definition) is 1. The molecule has 0 saturated heterocycles. The second kappa shape index (κ2) is 7.74. The molecule has 0 fully saturated rings. The highest BCUT2D eigenvalue weighted by Gasteiger charge is 1.95. The van der Waals surface area contributed by atoms with Crippen LogP contribution < -0.4 is 5.73 Å². The lowest BCUT2D eigenvalue weighted by atomic mass is 10.1. The maximum Gasteiger partial charge on any atom is 0.0928 e. The van der Waals surface area contributed by atoms with Gasteiger partial charge in [-0.15, -0.1) is 12.4 Å². The third kappa shape index (κ3) is 7.74. The lowest BCUT2D eigenvalue weighted by molar-refractivity contribution is 0.662. The molecule has 9 heavy (non-hydrogen) atoms. The van der Waals surface area contributed by atoms with Gasteiger partial charge in [0.05, 0.1) is 12.1 Å². The maximum absolute atomic E-state index is 8.19. The second-order valence-electron chi connectivity index (χ2n) is 1.88. The van der Waals surface area contributed by atoms with E-state index in [4.69, 9.17) is 11.0 Å². The van der Waals surface area contributed by atoms with E-state index < -0.39 is 0 Å². The Morgan fingerprint density at radius 1 is 1.67 bits per heavy atom. The molecule has 3 heteroatoms. The molecule has 0 saturated carbocycles. The van der Waals surface area contributed by atoms with Crippen molar-refractivity contribution in [1.82, 2.24) is 0 Å². The Labute approximate surface area is 62.4 Å². The lowest BCUT2D eigenvalue weighted by Gasteiger charge is -1.96. The van der Waals surface area contributed by atoms with Gasteiger partial charge in [-0.2, -0.15) is 5.26 Å². The molecule has 0 aromatic rings. The van der Waals surface area contributed by atoms with Crippen molar-refractivity contribution in [2.45, 2.75) is 32.2 Å². The van der Waals surface area contributed by atoms with Gasteiger partial charge in [-0.25, -0.2) is 0 Å². The zero-order valence-electron chi connectivity index (χ0n) is 5.63. The second-order valence-corrected chi connectivity index (χ2v) is 1.88. The van der Waals surface area contributed by atoms with Crippen molar-refractivity contribution in [2.75, 3.05) is 0 Å². The smallest absolute Gasteiger partial charge is 0.0928 e. The van der Waals surface area contributed by atoms with Crippen molar-refractivity contribution in [3.63, 3.8) is 0 Å². The van der Waals surface area contributed by atoms with Gasteiger partial charge in [0.25, 0.3) is 0 Å². The van der Waals surface area contributed by atoms with Gasteiger partial charge in [-0.3, -0.25) is 0 Å². The summed E-state index contributed by atoms with van der Waals surface area (Å²) >= 11 is 0. The van der Waals surface area contributed by atoms with Crippen LogP contribution in [-0.2, 0) is 0 Å². The number of unbranched alkanes of at least 4 members (excludes halogenated alkanes) is 1. The SMILES string of the molecule is CCCC[C@H](N)C#N.Cl. The van der Waals surface area contributed by atoms with Crippen LogP contribution in [0.15, 0.2) is 0 Å². The van der Waals surface area contributed by atoms with Crippen LogP contribution in [0.2, 0.25) is 0 Å². The molecule has 0 spiro atoms. The molecule has 2 nitrogen and oxygen atoms in total. The monoisotopic (exact) mass is 148 g/mol. The highest BCUT2D eigenvalue weighted by Crippen LogP contribution is 1.95. The summed E-state index contributed by atoms with van der Waals surface area (Å²) in [6.45, 7) is 2.09. The Balaban J connectivity index is 0.